The van der Waals surface area contributed by atoms with E-state index in [9.17, 15) is 0 Å². The molecule has 5 nitrogen and oxygen atoms in total. The molecular formula is C11H8N4O. The second-order valence-electron chi connectivity index (χ2n) is 2.90. The van der Waals surface area contributed by atoms with Crippen LogP contribution in [0.4, 0.5) is 5.88 Å². The summed E-state index contributed by atoms with van der Waals surface area (Å²) in [4.78, 5) is 0. The third-order valence-electron chi connectivity index (χ3n) is 1.94. The number of furan rings is 1. The number of nitrogen functional groups attached to an aromatic ring is 1. The first-order valence-electron chi connectivity index (χ1n) is 4.52. The molecule has 0 unspecified atom stereocenters. The molecule has 16 heavy (non-hydrogen) atoms. The van der Waals surface area contributed by atoms with Crippen LogP contribution in [0.25, 0.3) is 11.6 Å². The van der Waals surface area contributed by atoms with Crippen LogP contribution in [0.1, 0.15) is 18.9 Å². The third-order valence-corrected chi connectivity index (χ3v) is 1.94. The molecule has 0 amide bonds. The van der Waals surface area contributed by atoms with Crippen LogP contribution in [-0.2, 0) is 0 Å². The predicted octanol–water partition coefficient (Wildman–Crippen LogP) is 0.122. The van der Waals surface area contributed by atoms with E-state index in [1.165, 1.54) is 0 Å². The molecule has 0 aromatic carbocycles. The van der Waals surface area contributed by atoms with Crippen LogP contribution in [0.15, 0.2) is 4.42 Å². The lowest BCUT2D eigenvalue weighted by Crippen LogP contribution is -2.24. The van der Waals surface area contributed by atoms with E-state index in [0.717, 1.165) is 0 Å². The highest BCUT2D eigenvalue weighted by molar-refractivity contribution is 5.75. The number of nitrogens with two attached hydrogens (primary N) is 1. The molecule has 0 aliphatic rings. The molecule has 1 aromatic rings. The summed E-state index contributed by atoms with van der Waals surface area (Å²) in [6.07, 6.45) is 2.32. The molecule has 78 valence electrons. The Morgan fingerprint density at radius 3 is 2.44 bits per heavy atom. The van der Waals surface area contributed by atoms with Crippen molar-refractivity contribution in [3.63, 3.8) is 0 Å². The Kier molecular flexibility index (Phi) is 3.33. The first-order valence-corrected chi connectivity index (χ1v) is 4.52. The van der Waals surface area contributed by atoms with Crippen molar-refractivity contribution in [2.24, 2.45) is 0 Å². The van der Waals surface area contributed by atoms with Gasteiger partial charge in [0.2, 0.25) is 5.88 Å². The van der Waals surface area contributed by atoms with Gasteiger partial charge in [0, 0.05) is 0 Å². The molecule has 0 atom stereocenters. The molecule has 2 N–H and O–H groups in total. The van der Waals surface area contributed by atoms with Crippen molar-refractivity contribution in [3.8, 4) is 18.2 Å². The van der Waals surface area contributed by atoms with Crippen LogP contribution in [0.2, 0.25) is 0 Å². The maximum atomic E-state index is 8.88. The van der Waals surface area contributed by atoms with Gasteiger partial charge >= 0.3 is 0 Å². The van der Waals surface area contributed by atoms with Gasteiger partial charge in [-0.05, 0) is 12.5 Å². The number of nitriles is 3. The van der Waals surface area contributed by atoms with E-state index in [1.54, 1.807) is 18.2 Å². The summed E-state index contributed by atoms with van der Waals surface area (Å²) in [5.41, 5.74) is 5.66. The van der Waals surface area contributed by atoms with Gasteiger partial charge in [-0.15, -0.1) is 0 Å². The lowest BCUT2D eigenvalue weighted by atomic mass is 10.1. The van der Waals surface area contributed by atoms with Crippen LogP contribution in [-0.4, -0.2) is 0 Å². The summed E-state index contributed by atoms with van der Waals surface area (Å²) in [6.45, 7) is 1.87. The molecule has 1 heterocycles. The summed E-state index contributed by atoms with van der Waals surface area (Å²) in [6, 6.07) is 5.28. The number of hydrogen-bond acceptors (Lipinski definition) is 5. The Labute approximate surface area is 91.9 Å². The Hall–Kier alpha value is -2.71. The Morgan fingerprint density at radius 2 is 2.00 bits per heavy atom. The molecule has 0 aliphatic carbocycles. The van der Waals surface area contributed by atoms with Gasteiger partial charge in [-0.1, -0.05) is 6.92 Å². The van der Waals surface area contributed by atoms with Crippen LogP contribution in [0.5, 0.6) is 0 Å². The Bertz CT molecular complexity index is 630. The molecule has 1 aromatic heterocycles. The van der Waals surface area contributed by atoms with E-state index in [4.69, 9.17) is 25.9 Å². The second kappa shape index (κ2) is 4.68. The van der Waals surface area contributed by atoms with E-state index in [0.29, 0.717) is 11.8 Å². The highest BCUT2D eigenvalue weighted by Crippen LogP contribution is 2.03. The molecule has 0 aliphatic heterocycles. The molecule has 0 saturated carbocycles. The molecule has 0 spiro atoms. The van der Waals surface area contributed by atoms with Gasteiger partial charge in [-0.2, -0.15) is 15.8 Å². The quantitative estimate of drug-likeness (QED) is 0.710. The van der Waals surface area contributed by atoms with E-state index in [1.807, 2.05) is 13.0 Å². The minimum absolute atomic E-state index is 0.0396. The standard InChI is InChI=1S/C11H8N4O/c1-2-3-9-10(7(4-12)5-13)8(6-14)11(15)16-9/h3H,2,15H2,1H3/b9-3-. The van der Waals surface area contributed by atoms with E-state index >= 15 is 0 Å². The fraction of sp³-hybridized carbons (Fsp3) is 0.182. The fourth-order valence-electron chi connectivity index (χ4n) is 1.29. The molecule has 0 bridgehead atoms. The molecule has 0 fully saturated rings. The molecule has 5 heteroatoms. The highest BCUT2D eigenvalue weighted by Gasteiger charge is 2.11. The Morgan fingerprint density at radius 1 is 1.38 bits per heavy atom. The molecule has 1 rings (SSSR count). The van der Waals surface area contributed by atoms with Gasteiger partial charge in [0.05, 0.1) is 5.22 Å². The minimum atomic E-state index is -0.170. The second-order valence-corrected chi connectivity index (χ2v) is 2.90. The normalized spacial score (nSPS) is 10.2. The zero-order chi connectivity index (χ0) is 12.1. The molecule has 0 saturated heterocycles. The van der Waals surface area contributed by atoms with Gasteiger partial charge in [0.25, 0.3) is 0 Å². The van der Waals surface area contributed by atoms with Gasteiger partial charge in [0.15, 0.2) is 0 Å². The lowest BCUT2D eigenvalue weighted by molar-refractivity contribution is 0.548. The van der Waals surface area contributed by atoms with Gasteiger partial charge in [0.1, 0.15) is 34.8 Å². The maximum Gasteiger partial charge on any atom is 0.209 e. The van der Waals surface area contributed by atoms with Crippen molar-refractivity contribution in [1.82, 2.24) is 0 Å². The number of nitrogens with zero attached hydrogens (tertiary/aromatic N) is 3. The first-order chi connectivity index (χ1) is 7.69. The fourth-order valence-corrected chi connectivity index (χ4v) is 1.29. The zero-order valence-corrected chi connectivity index (χ0v) is 8.61. The average molecular weight is 212 g/mol. The van der Waals surface area contributed by atoms with Crippen LogP contribution < -0.4 is 16.4 Å². The SMILES string of the molecule is CC/C=c1\oc(N)c(C#N)c1=C(C#N)C#N. The van der Waals surface area contributed by atoms with Gasteiger partial charge in [-0.3, -0.25) is 0 Å². The highest BCUT2D eigenvalue weighted by atomic mass is 16.3. The van der Waals surface area contributed by atoms with E-state index in [2.05, 4.69) is 0 Å². The largest absolute Gasteiger partial charge is 0.440 e. The zero-order valence-electron chi connectivity index (χ0n) is 8.61. The predicted molar refractivity (Wildman–Crippen MR) is 56.5 cm³/mol. The van der Waals surface area contributed by atoms with Crippen molar-refractivity contribution in [3.05, 3.63) is 16.2 Å². The Balaban J connectivity index is 3.97. The van der Waals surface area contributed by atoms with Crippen molar-refractivity contribution in [2.75, 3.05) is 5.73 Å². The monoisotopic (exact) mass is 212 g/mol. The minimum Gasteiger partial charge on any atom is -0.440 e. The van der Waals surface area contributed by atoms with Crippen molar-refractivity contribution in [2.45, 2.75) is 13.3 Å². The van der Waals surface area contributed by atoms with E-state index in [-0.39, 0.29) is 22.2 Å². The van der Waals surface area contributed by atoms with Gasteiger partial charge in [-0.25, -0.2) is 0 Å². The average Bonchev–Trinajstić information content (AvgIpc) is 2.58. The summed E-state index contributed by atoms with van der Waals surface area (Å²) >= 11 is 0. The number of anilines is 1. The summed E-state index contributed by atoms with van der Waals surface area (Å²) in [5.74, 6) is -0.0693. The smallest absolute Gasteiger partial charge is 0.209 e. The first kappa shape index (κ1) is 11.4. The van der Waals surface area contributed by atoms with E-state index < -0.39 is 0 Å². The van der Waals surface area contributed by atoms with Crippen molar-refractivity contribution in [1.29, 1.82) is 15.8 Å². The summed E-state index contributed by atoms with van der Waals surface area (Å²) < 4.78 is 5.14. The maximum absolute atomic E-state index is 8.88. The third kappa shape index (κ3) is 1.73. The van der Waals surface area contributed by atoms with Crippen molar-refractivity contribution < 1.29 is 4.42 Å². The number of rotatable bonds is 1. The van der Waals surface area contributed by atoms with Crippen LogP contribution in [0, 0.1) is 34.0 Å². The molecular weight excluding hydrogens is 204 g/mol. The van der Waals surface area contributed by atoms with Crippen LogP contribution in [0.3, 0.4) is 0 Å². The lowest BCUT2D eigenvalue weighted by Gasteiger charge is -1.81. The number of hydrogen-bond donors (Lipinski definition) is 1. The summed E-state index contributed by atoms with van der Waals surface area (Å²) in [7, 11) is 0. The van der Waals surface area contributed by atoms with Crippen LogP contribution >= 0.6 is 0 Å². The summed E-state index contributed by atoms with van der Waals surface area (Å²) in [5, 5.41) is 26.6. The topological polar surface area (TPSA) is 111 Å². The molecule has 0 radical (unpaired) electrons. The van der Waals surface area contributed by atoms with Gasteiger partial charge < -0.3 is 10.2 Å². The van der Waals surface area contributed by atoms with Crippen molar-refractivity contribution >= 4 is 17.5 Å².